The van der Waals surface area contributed by atoms with Gasteiger partial charge in [0.25, 0.3) is 0 Å². The number of esters is 1. The molecule has 1 aromatic carbocycles. The summed E-state index contributed by atoms with van der Waals surface area (Å²) < 4.78 is 5.44. The molecule has 1 aliphatic carbocycles. The number of nitrogens with zero attached hydrogens (tertiary/aromatic N) is 2. The fraction of sp³-hybridized carbons (Fsp3) is 0.480. The number of carbonyl (C=O) groups is 2. The molecule has 1 aromatic rings. The number of anilines is 1. The maximum atomic E-state index is 12.1. The molecule has 0 aliphatic heterocycles. The molecule has 0 radical (unpaired) electrons. The number of ketones is 1. The molecule has 0 aromatic heterocycles. The molecule has 0 fully saturated rings. The minimum atomic E-state index is -0.210. The Morgan fingerprint density at radius 3 is 2.58 bits per heavy atom. The molecular weight excluding hydrogens is 412 g/mol. The summed E-state index contributed by atoms with van der Waals surface area (Å²) in [5, 5.41) is 0.164. The third-order valence-electron chi connectivity index (χ3n) is 4.95. The lowest BCUT2D eigenvalue weighted by atomic mass is 9.84. The zero-order valence-electron chi connectivity index (χ0n) is 19.4. The summed E-state index contributed by atoms with van der Waals surface area (Å²) in [6, 6.07) is 5.94. The highest BCUT2D eigenvalue weighted by molar-refractivity contribution is 6.47. The van der Waals surface area contributed by atoms with Crippen LogP contribution in [0.15, 0.2) is 46.5 Å². The number of likely N-dealkylation sites (N-methyl/N-ethyl adjacent to an activating group) is 1. The normalized spacial score (nSPS) is 16.3. The van der Waals surface area contributed by atoms with E-state index in [-0.39, 0.29) is 22.2 Å². The average molecular weight is 445 g/mol. The van der Waals surface area contributed by atoms with Crippen LogP contribution in [-0.4, -0.2) is 37.7 Å². The minimum absolute atomic E-state index is 0.141. The Kier molecular flexibility index (Phi) is 8.63. The molecule has 1 aliphatic rings. The standard InChI is InChI=1S/C25H33ClN2O3/c1-17(16-25(3,4)5)13-24(30)31-12-11-28(6)20-8-9-22(18(2)14-20)27-19-7-10-23(29)21(26)15-19/h7-10,14-15,17H,11-13,16H2,1-6H3. The third kappa shape index (κ3) is 8.33. The van der Waals surface area contributed by atoms with Crippen LogP contribution < -0.4 is 4.90 Å². The largest absolute Gasteiger partial charge is 0.464 e. The number of hydrogen-bond acceptors (Lipinski definition) is 5. The summed E-state index contributed by atoms with van der Waals surface area (Å²) in [4.78, 5) is 30.1. The first kappa shape index (κ1) is 24.9. The van der Waals surface area contributed by atoms with E-state index in [9.17, 15) is 9.59 Å². The molecule has 5 nitrogen and oxygen atoms in total. The van der Waals surface area contributed by atoms with Crippen molar-refractivity contribution in [2.45, 2.75) is 47.5 Å². The topological polar surface area (TPSA) is 59.0 Å². The van der Waals surface area contributed by atoms with E-state index in [0.29, 0.717) is 31.2 Å². The van der Waals surface area contributed by atoms with Crippen LogP contribution in [0.25, 0.3) is 0 Å². The van der Waals surface area contributed by atoms with Gasteiger partial charge < -0.3 is 9.64 Å². The van der Waals surface area contributed by atoms with Gasteiger partial charge in [-0.3, -0.25) is 9.59 Å². The van der Waals surface area contributed by atoms with E-state index in [1.807, 2.05) is 37.1 Å². The van der Waals surface area contributed by atoms with E-state index in [1.165, 1.54) is 6.08 Å². The number of benzene rings is 1. The number of ether oxygens (including phenoxy) is 1. The van der Waals surface area contributed by atoms with Crippen molar-refractivity contribution in [3.8, 4) is 0 Å². The zero-order valence-corrected chi connectivity index (χ0v) is 20.1. The Bertz CT molecular complexity index is 910. The van der Waals surface area contributed by atoms with Crippen LogP contribution in [0.1, 0.15) is 46.1 Å². The van der Waals surface area contributed by atoms with E-state index >= 15 is 0 Å². The molecule has 0 N–H and O–H groups in total. The molecule has 31 heavy (non-hydrogen) atoms. The van der Waals surface area contributed by atoms with Crippen molar-refractivity contribution in [1.82, 2.24) is 0 Å². The molecule has 168 valence electrons. The van der Waals surface area contributed by atoms with Gasteiger partial charge in [-0.1, -0.05) is 39.3 Å². The molecule has 1 atom stereocenters. The van der Waals surface area contributed by atoms with E-state index in [4.69, 9.17) is 16.3 Å². The molecule has 0 saturated carbocycles. The molecule has 1 unspecified atom stereocenters. The molecule has 0 heterocycles. The number of halogens is 1. The van der Waals surface area contributed by atoms with E-state index in [2.05, 4.69) is 32.7 Å². The van der Waals surface area contributed by atoms with Crippen molar-refractivity contribution in [3.05, 3.63) is 47.0 Å². The number of hydrogen-bond donors (Lipinski definition) is 0. The van der Waals surface area contributed by atoms with Crippen LogP contribution in [0.4, 0.5) is 11.4 Å². The molecule has 0 bridgehead atoms. The van der Waals surface area contributed by atoms with Gasteiger partial charge in [0.15, 0.2) is 5.78 Å². The smallest absolute Gasteiger partial charge is 0.306 e. The molecule has 0 saturated heterocycles. The van der Waals surface area contributed by atoms with Crippen molar-refractivity contribution in [3.63, 3.8) is 0 Å². The number of allylic oxidation sites excluding steroid dienone is 4. The van der Waals surface area contributed by atoms with Gasteiger partial charge in [0.05, 0.1) is 23.0 Å². The Morgan fingerprint density at radius 1 is 1.26 bits per heavy atom. The fourth-order valence-electron chi connectivity index (χ4n) is 3.59. The fourth-order valence-corrected chi connectivity index (χ4v) is 3.76. The van der Waals surface area contributed by atoms with Crippen LogP contribution in [0, 0.1) is 18.3 Å². The predicted molar refractivity (Wildman–Crippen MR) is 128 cm³/mol. The summed E-state index contributed by atoms with van der Waals surface area (Å²) in [5.74, 6) is -0.0409. The second-order valence-electron chi connectivity index (χ2n) is 9.41. The zero-order chi connectivity index (χ0) is 23.2. The quantitative estimate of drug-likeness (QED) is 0.377. The van der Waals surface area contributed by atoms with E-state index in [1.54, 1.807) is 12.2 Å². The Hall–Kier alpha value is -2.40. The lowest BCUT2D eigenvalue weighted by Crippen LogP contribution is -2.24. The van der Waals surface area contributed by atoms with E-state index < -0.39 is 0 Å². The Labute approximate surface area is 190 Å². The lowest BCUT2D eigenvalue weighted by Gasteiger charge is -2.23. The second-order valence-corrected chi connectivity index (χ2v) is 9.82. The maximum absolute atomic E-state index is 12.1. The number of rotatable bonds is 8. The monoisotopic (exact) mass is 444 g/mol. The van der Waals surface area contributed by atoms with Gasteiger partial charge in [-0.2, -0.15) is 0 Å². The van der Waals surface area contributed by atoms with Crippen molar-refractivity contribution in [2.24, 2.45) is 16.3 Å². The summed E-state index contributed by atoms with van der Waals surface area (Å²) >= 11 is 5.90. The van der Waals surface area contributed by atoms with Crippen LogP contribution in [0.3, 0.4) is 0 Å². The summed E-state index contributed by atoms with van der Waals surface area (Å²) in [7, 11) is 1.97. The molecule has 6 heteroatoms. The van der Waals surface area contributed by atoms with Gasteiger partial charge >= 0.3 is 5.97 Å². The van der Waals surface area contributed by atoms with Gasteiger partial charge in [0, 0.05) is 19.2 Å². The summed E-state index contributed by atoms with van der Waals surface area (Å²) in [6.07, 6.45) is 6.09. The van der Waals surface area contributed by atoms with Gasteiger partial charge in [-0.05, 0) is 66.7 Å². The van der Waals surface area contributed by atoms with Gasteiger partial charge in [-0.25, -0.2) is 4.99 Å². The van der Waals surface area contributed by atoms with Crippen LogP contribution in [-0.2, 0) is 14.3 Å². The minimum Gasteiger partial charge on any atom is -0.464 e. The first-order valence-electron chi connectivity index (χ1n) is 10.6. The second kappa shape index (κ2) is 10.8. The molecular formula is C25H33ClN2O3. The highest BCUT2D eigenvalue weighted by Gasteiger charge is 2.18. The van der Waals surface area contributed by atoms with Crippen molar-refractivity contribution in [1.29, 1.82) is 0 Å². The first-order chi connectivity index (χ1) is 14.4. The van der Waals surface area contributed by atoms with E-state index in [0.717, 1.165) is 23.4 Å². The van der Waals surface area contributed by atoms with Crippen LogP contribution >= 0.6 is 11.6 Å². The maximum Gasteiger partial charge on any atom is 0.306 e. The molecule has 0 spiro atoms. The third-order valence-corrected chi connectivity index (χ3v) is 5.25. The molecule has 2 rings (SSSR count). The number of carbonyl (C=O) groups excluding carboxylic acids is 2. The van der Waals surface area contributed by atoms with Crippen LogP contribution in [0.5, 0.6) is 0 Å². The predicted octanol–water partition coefficient (Wildman–Crippen LogP) is 5.77. The van der Waals surface area contributed by atoms with Crippen molar-refractivity contribution in [2.75, 3.05) is 25.1 Å². The Morgan fingerprint density at radius 2 is 1.97 bits per heavy atom. The lowest BCUT2D eigenvalue weighted by molar-refractivity contribution is -0.144. The number of aliphatic imine (C=N–C) groups is 1. The van der Waals surface area contributed by atoms with Crippen molar-refractivity contribution < 1.29 is 14.3 Å². The SMILES string of the molecule is Cc1cc(N(C)CCOC(=O)CC(C)CC(C)(C)C)ccc1N=C1C=CC(=O)C(Cl)=C1. The summed E-state index contributed by atoms with van der Waals surface area (Å²) in [5.41, 5.74) is 3.68. The molecule has 0 amide bonds. The average Bonchev–Trinajstić information content (AvgIpc) is 2.64. The van der Waals surface area contributed by atoms with Gasteiger partial charge in [-0.15, -0.1) is 0 Å². The summed E-state index contributed by atoms with van der Waals surface area (Å²) in [6.45, 7) is 11.6. The van der Waals surface area contributed by atoms with Gasteiger partial charge in [0.2, 0.25) is 0 Å². The van der Waals surface area contributed by atoms with Crippen LogP contribution in [0.2, 0.25) is 0 Å². The highest BCUT2D eigenvalue weighted by Crippen LogP contribution is 2.27. The van der Waals surface area contributed by atoms with Gasteiger partial charge in [0.1, 0.15) is 6.61 Å². The highest BCUT2D eigenvalue weighted by atomic mass is 35.5. The first-order valence-corrected chi connectivity index (χ1v) is 11.0. The number of aryl methyl sites for hydroxylation is 1. The Balaban J connectivity index is 1.88. The van der Waals surface area contributed by atoms with Crippen molar-refractivity contribution >= 4 is 40.4 Å².